The first-order valence-electron chi connectivity index (χ1n) is 6.80. The van der Waals surface area contributed by atoms with Crippen molar-refractivity contribution in [2.45, 2.75) is 0 Å². The molecule has 0 unspecified atom stereocenters. The Morgan fingerprint density at radius 1 is 1.46 bits per heavy atom. The summed E-state index contributed by atoms with van der Waals surface area (Å²) < 4.78 is 32.2. The van der Waals surface area contributed by atoms with Crippen LogP contribution in [0.3, 0.4) is 0 Å². The maximum absolute atomic E-state index is 14.0. The number of β-amino-alcohol motifs (C(OH)–C–C–N with tert-alkyl or cyclic N) is 1. The quantitative estimate of drug-likeness (QED) is 0.759. The lowest BCUT2D eigenvalue weighted by Gasteiger charge is -2.15. The zero-order valence-corrected chi connectivity index (χ0v) is 12.6. The average Bonchev–Trinajstić information content (AvgIpc) is 2.87. The van der Waals surface area contributed by atoms with Crippen LogP contribution in [0.15, 0.2) is 23.4 Å². The van der Waals surface area contributed by atoms with Gasteiger partial charge in [-0.05, 0) is 6.07 Å². The monoisotopic (exact) mass is 337 g/mol. The van der Waals surface area contributed by atoms with Crippen LogP contribution >= 0.6 is 0 Å². The number of amides is 1. The summed E-state index contributed by atoms with van der Waals surface area (Å²) in [5.74, 6) is -3.40. The fourth-order valence-corrected chi connectivity index (χ4v) is 2.21. The number of nitrogens with zero attached hydrogens (tertiary/aromatic N) is 2. The average molecular weight is 337 g/mol. The van der Waals surface area contributed by atoms with Gasteiger partial charge < -0.3 is 20.1 Å². The molecule has 2 rings (SSSR count). The van der Waals surface area contributed by atoms with Gasteiger partial charge in [-0.25, -0.2) is 13.6 Å². The molecule has 0 saturated carbocycles. The molecular weight excluding hydrogens is 324 g/mol. The van der Waals surface area contributed by atoms with E-state index in [1.165, 1.54) is 6.07 Å². The molecule has 0 spiro atoms. The van der Waals surface area contributed by atoms with Crippen LogP contribution in [0.25, 0.3) is 0 Å². The van der Waals surface area contributed by atoms with Crippen molar-refractivity contribution in [3.63, 3.8) is 0 Å². The zero-order valence-electron chi connectivity index (χ0n) is 12.6. The molecule has 1 amide bonds. The summed E-state index contributed by atoms with van der Waals surface area (Å²) >= 11 is 0. The number of nitrogens with one attached hydrogen (secondary N) is 1. The topological polar surface area (TPSA) is 103 Å². The highest BCUT2D eigenvalue weighted by Gasteiger charge is 2.34. The Bertz CT molecular complexity index is 771. The Balaban J connectivity index is 2.41. The Kier molecular flexibility index (Phi) is 5.11. The summed E-state index contributed by atoms with van der Waals surface area (Å²) in [6, 6.07) is 2.90. The molecule has 0 aromatic heterocycles. The Labute approximate surface area is 135 Å². The summed E-state index contributed by atoms with van der Waals surface area (Å²) in [5.41, 5.74) is -1.22. The number of nitriles is 1. The first kappa shape index (κ1) is 17.4. The molecule has 0 saturated heterocycles. The van der Waals surface area contributed by atoms with E-state index in [-0.39, 0.29) is 31.0 Å². The normalized spacial score (nSPS) is 14.0. The maximum atomic E-state index is 14.0. The predicted octanol–water partition coefficient (Wildman–Crippen LogP) is 0.510. The van der Waals surface area contributed by atoms with Crippen molar-refractivity contribution in [1.82, 2.24) is 4.90 Å². The van der Waals surface area contributed by atoms with Crippen molar-refractivity contribution in [2.75, 3.05) is 32.1 Å². The standard InChI is InChI=1S/C15H13F2N3O4/c1-24-15(23)9-7-20(2-3-21)14(22)13(9)19-12-5-10(16)8(6-18)4-11(12)17/h4-5,19,21H,2-3,7H2,1H3. The minimum Gasteiger partial charge on any atom is -0.466 e. The number of aliphatic hydroxyl groups excluding tert-OH is 1. The summed E-state index contributed by atoms with van der Waals surface area (Å²) in [6.07, 6.45) is 0. The van der Waals surface area contributed by atoms with E-state index >= 15 is 0 Å². The number of hydrogen-bond acceptors (Lipinski definition) is 6. The molecule has 9 heteroatoms. The van der Waals surface area contributed by atoms with Crippen LogP contribution < -0.4 is 5.32 Å². The molecule has 126 valence electrons. The van der Waals surface area contributed by atoms with Crippen molar-refractivity contribution in [3.8, 4) is 6.07 Å². The smallest absolute Gasteiger partial charge is 0.337 e. The van der Waals surface area contributed by atoms with E-state index in [1.807, 2.05) is 0 Å². The van der Waals surface area contributed by atoms with E-state index in [1.54, 1.807) is 0 Å². The van der Waals surface area contributed by atoms with Gasteiger partial charge in [0, 0.05) is 12.6 Å². The third-order valence-corrected chi connectivity index (χ3v) is 3.39. The number of esters is 1. The molecule has 1 aliphatic rings. The highest BCUT2D eigenvalue weighted by molar-refractivity contribution is 6.08. The van der Waals surface area contributed by atoms with Crippen LogP contribution in [-0.2, 0) is 14.3 Å². The molecule has 1 aliphatic heterocycles. The van der Waals surface area contributed by atoms with Gasteiger partial charge in [-0.1, -0.05) is 0 Å². The number of benzene rings is 1. The van der Waals surface area contributed by atoms with E-state index < -0.39 is 34.8 Å². The van der Waals surface area contributed by atoms with Gasteiger partial charge in [0.15, 0.2) is 0 Å². The van der Waals surface area contributed by atoms with E-state index in [9.17, 15) is 18.4 Å². The highest BCUT2D eigenvalue weighted by atomic mass is 19.1. The second-order valence-electron chi connectivity index (χ2n) is 4.84. The third-order valence-electron chi connectivity index (χ3n) is 3.39. The number of halogens is 2. The van der Waals surface area contributed by atoms with Crippen molar-refractivity contribution < 1.29 is 28.2 Å². The SMILES string of the molecule is COC(=O)C1=C(Nc2cc(F)c(C#N)cc2F)C(=O)N(CCO)C1. The van der Waals surface area contributed by atoms with Crippen molar-refractivity contribution in [3.05, 3.63) is 40.6 Å². The number of carbonyl (C=O) groups is 2. The first-order chi connectivity index (χ1) is 11.4. The molecule has 24 heavy (non-hydrogen) atoms. The highest BCUT2D eigenvalue weighted by Crippen LogP contribution is 2.25. The number of carbonyl (C=O) groups excluding carboxylic acids is 2. The second kappa shape index (κ2) is 7.06. The fraction of sp³-hybridized carbons (Fsp3) is 0.267. The van der Waals surface area contributed by atoms with Gasteiger partial charge in [0.1, 0.15) is 23.4 Å². The molecule has 0 bridgehead atoms. The van der Waals surface area contributed by atoms with Crippen molar-refractivity contribution >= 4 is 17.6 Å². The van der Waals surface area contributed by atoms with Crippen LogP contribution in [0.1, 0.15) is 5.56 Å². The van der Waals surface area contributed by atoms with Gasteiger partial charge in [-0.15, -0.1) is 0 Å². The summed E-state index contributed by atoms with van der Waals surface area (Å²) in [4.78, 5) is 25.2. The largest absolute Gasteiger partial charge is 0.466 e. The van der Waals surface area contributed by atoms with E-state index in [0.29, 0.717) is 6.07 Å². The second-order valence-corrected chi connectivity index (χ2v) is 4.84. The van der Waals surface area contributed by atoms with E-state index in [2.05, 4.69) is 10.1 Å². The molecule has 1 heterocycles. The van der Waals surface area contributed by atoms with Gasteiger partial charge in [0.05, 0.1) is 37.1 Å². The summed E-state index contributed by atoms with van der Waals surface area (Å²) in [7, 11) is 1.12. The van der Waals surface area contributed by atoms with E-state index in [4.69, 9.17) is 10.4 Å². The minimum atomic E-state index is -0.973. The molecule has 0 aliphatic carbocycles. The zero-order chi connectivity index (χ0) is 17.9. The number of ether oxygens (including phenoxy) is 1. The Morgan fingerprint density at radius 3 is 2.75 bits per heavy atom. The number of aliphatic hydroxyl groups is 1. The lowest BCUT2D eigenvalue weighted by atomic mass is 10.1. The Hall–Kier alpha value is -2.99. The van der Waals surface area contributed by atoms with Gasteiger partial charge in [0.2, 0.25) is 0 Å². The van der Waals surface area contributed by atoms with Crippen LogP contribution in [0.2, 0.25) is 0 Å². The third kappa shape index (κ3) is 3.18. The number of hydrogen-bond donors (Lipinski definition) is 2. The first-order valence-corrected chi connectivity index (χ1v) is 6.80. The molecule has 1 aromatic rings. The van der Waals surface area contributed by atoms with Crippen molar-refractivity contribution in [1.29, 1.82) is 5.26 Å². The van der Waals surface area contributed by atoms with Crippen LogP contribution in [0.4, 0.5) is 14.5 Å². The van der Waals surface area contributed by atoms with E-state index in [0.717, 1.165) is 18.1 Å². The molecule has 0 atom stereocenters. The Morgan fingerprint density at radius 2 is 2.17 bits per heavy atom. The lowest BCUT2D eigenvalue weighted by Crippen LogP contribution is -2.31. The van der Waals surface area contributed by atoms with Gasteiger partial charge in [-0.2, -0.15) is 5.26 Å². The number of anilines is 1. The molecular formula is C15H13F2N3O4. The summed E-state index contributed by atoms with van der Waals surface area (Å²) in [5, 5.41) is 20.0. The molecule has 0 fully saturated rings. The summed E-state index contributed by atoms with van der Waals surface area (Å²) in [6.45, 7) is -0.489. The molecule has 7 nitrogen and oxygen atoms in total. The molecule has 2 N–H and O–H groups in total. The van der Waals surface area contributed by atoms with Gasteiger partial charge >= 0.3 is 5.97 Å². The van der Waals surface area contributed by atoms with Gasteiger partial charge in [0.25, 0.3) is 5.91 Å². The van der Waals surface area contributed by atoms with Crippen LogP contribution in [-0.4, -0.2) is 48.7 Å². The van der Waals surface area contributed by atoms with Crippen molar-refractivity contribution in [2.24, 2.45) is 0 Å². The fourth-order valence-electron chi connectivity index (χ4n) is 2.21. The van der Waals surface area contributed by atoms with Gasteiger partial charge in [-0.3, -0.25) is 4.79 Å². The molecule has 1 aromatic carbocycles. The minimum absolute atomic E-state index is 0.0330. The predicted molar refractivity (Wildman–Crippen MR) is 77.4 cm³/mol. The molecule has 0 radical (unpaired) electrons. The number of rotatable bonds is 5. The lowest BCUT2D eigenvalue weighted by molar-refractivity contribution is -0.136. The van der Waals surface area contributed by atoms with Crippen LogP contribution in [0, 0.1) is 23.0 Å². The maximum Gasteiger partial charge on any atom is 0.337 e. The van der Waals surface area contributed by atoms with Crippen LogP contribution in [0.5, 0.6) is 0 Å². The number of methoxy groups -OCH3 is 1.